The van der Waals surface area contributed by atoms with Gasteiger partial charge in [-0.15, -0.1) is 0 Å². The van der Waals surface area contributed by atoms with Gasteiger partial charge >= 0.3 is 0 Å². The second kappa shape index (κ2) is 11.3. The summed E-state index contributed by atoms with van der Waals surface area (Å²) in [4.78, 5) is 27.1. The Labute approximate surface area is 189 Å². The molecule has 0 bridgehead atoms. The van der Waals surface area contributed by atoms with Crippen LogP contribution in [0.4, 0.5) is 5.69 Å². The van der Waals surface area contributed by atoms with Gasteiger partial charge in [0.15, 0.2) is 5.78 Å². The quantitative estimate of drug-likeness (QED) is 0.345. The second-order valence-corrected chi connectivity index (χ2v) is 7.71. The molecule has 0 aliphatic carbocycles. The molecule has 2 N–H and O–H groups in total. The van der Waals surface area contributed by atoms with Crippen molar-refractivity contribution in [2.24, 2.45) is 0 Å². The highest BCUT2D eigenvalue weighted by Crippen LogP contribution is 2.23. The summed E-state index contributed by atoms with van der Waals surface area (Å²) in [5, 5.41) is 13.0. The molecule has 32 heavy (non-hydrogen) atoms. The smallest absolute Gasteiger partial charge is 0.232 e. The number of benzene rings is 3. The fourth-order valence-corrected chi connectivity index (χ4v) is 3.60. The molecule has 0 aliphatic heterocycles. The zero-order valence-electron chi connectivity index (χ0n) is 18.7. The van der Waals surface area contributed by atoms with Crippen LogP contribution in [0.25, 0.3) is 11.1 Å². The van der Waals surface area contributed by atoms with Crippen LogP contribution < -0.4 is 5.32 Å². The maximum Gasteiger partial charge on any atom is 0.232 e. The number of carbonyl (C=O) groups is 2. The van der Waals surface area contributed by atoms with Crippen LogP contribution in [0.2, 0.25) is 0 Å². The summed E-state index contributed by atoms with van der Waals surface area (Å²) in [5.74, 6) is -0.502. The SMILES string of the molecule is CCN(CC)CCc1ccc(NC(=O)CC(=O)c2ccc(-c3ccccc3)cc2)cc1O. The van der Waals surface area contributed by atoms with Crippen molar-refractivity contribution in [1.29, 1.82) is 0 Å². The standard InChI is InChI=1S/C27H30N2O3/c1-3-29(4-2)17-16-23-14-15-24(18-25(23)30)28-27(32)19-26(31)22-12-10-21(11-13-22)20-8-6-5-7-9-20/h5-15,18,30H,3-4,16-17,19H2,1-2H3,(H,28,32). The van der Waals surface area contributed by atoms with Crippen LogP contribution in [-0.4, -0.2) is 41.3 Å². The molecule has 5 nitrogen and oxygen atoms in total. The number of ketones is 1. The van der Waals surface area contributed by atoms with E-state index in [1.165, 1.54) is 6.07 Å². The van der Waals surface area contributed by atoms with Gasteiger partial charge in [0.25, 0.3) is 0 Å². The van der Waals surface area contributed by atoms with Crippen molar-refractivity contribution in [3.63, 3.8) is 0 Å². The van der Waals surface area contributed by atoms with E-state index in [2.05, 4.69) is 24.1 Å². The van der Waals surface area contributed by atoms with Gasteiger partial charge in [-0.05, 0) is 42.3 Å². The number of rotatable bonds is 10. The van der Waals surface area contributed by atoms with Crippen LogP contribution in [0.1, 0.15) is 36.2 Å². The van der Waals surface area contributed by atoms with Gasteiger partial charge in [0.2, 0.25) is 5.91 Å². The minimum Gasteiger partial charge on any atom is -0.508 e. The number of amides is 1. The fraction of sp³-hybridized carbons (Fsp3) is 0.259. The summed E-state index contributed by atoms with van der Waals surface area (Å²) in [6.45, 7) is 7.02. The number of hydrogen-bond donors (Lipinski definition) is 2. The molecule has 3 rings (SSSR count). The van der Waals surface area contributed by atoms with Crippen LogP contribution in [0.5, 0.6) is 5.75 Å². The highest BCUT2D eigenvalue weighted by Gasteiger charge is 2.13. The second-order valence-electron chi connectivity index (χ2n) is 7.71. The average molecular weight is 431 g/mol. The van der Waals surface area contributed by atoms with Gasteiger partial charge in [0, 0.05) is 23.9 Å². The molecule has 0 fully saturated rings. The molecule has 0 aromatic heterocycles. The van der Waals surface area contributed by atoms with Crippen LogP contribution in [-0.2, 0) is 11.2 Å². The molecule has 166 valence electrons. The van der Waals surface area contributed by atoms with E-state index in [0.717, 1.165) is 42.7 Å². The van der Waals surface area contributed by atoms with Crippen molar-refractivity contribution < 1.29 is 14.7 Å². The number of nitrogens with zero attached hydrogens (tertiary/aromatic N) is 1. The van der Waals surface area contributed by atoms with E-state index in [0.29, 0.717) is 11.3 Å². The van der Waals surface area contributed by atoms with Gasteiger partial charge in [-0.1, -0.05) is 74.5 Å². The van der Waals surface area contributed by atoms with E-state index in [1.54, 1.807) is 18.2 Å². The first-order chi connectivity index (χ1) is 15.5. The van der Waals surface area contributed by atoms with Crippen LogP contribution in [0, 0.1) is 0 Å². The molecule has 0 spiro atoms. The van der Waals surface area contributed by atoms with E-state index >= 15 is 0 Å². The predicted molar refractivity (Wildman–Crippen MR) is 129 cm³/mol. The number of Topliss-reactive ketones (excluding diaryl/α,β-unsaturated/α-hetero) is 1. The summed E-state index contributed by atoms with van der Waals surface area (Å²) >= 11 is 0. The van der Waals surface area contributed by atoms with Gasteiger partial charge in [0.1, 0.15) is 5.75 Å². The molecule has 3 aromatic rings. The largest absolute Gasteiger partial charge is 0.508 e. The summed E-state index contributed by atoms with van der Waals surface area (Å²) < 4.78 is 0. The summed E-state index contributed by atoms with van der Waals surface area (Å²) in [5.41, 5.74) is 3.90. The van der Waals surface area contributed by atoms with E-state index in [1.807, 2.05) is 48.5 Å². The summed E-state index contributed by atoms with van der Waals surface area (Å²) in [6.07, 6.45) is 0.481. The Balaban J connectivity index is 1.56. The Hall–Kier alpha value is -3.44. The minimum atomic E-state index is -0.405. The molecule has 0 saturated carbocycles. The molecular weight excluding hydrogens is 400 g/mol. The van der Waals surface area contributed by atoms with Crippen LogP contribution >= 0.6 is 0 Å². The van der Waals surface area contributed by atoms with Crippen LogP contribution in [0.15, 0.2) is 72.8 Å². The number of likely N-dealkylation sites (N-methyl/N-ethyl adjacent to an activating group) is 1. The number of aromatic hydroxyl groups is 1. The number of hydrogen-bond acceptors (Lipinski definition) is 4. The minimum absolute atomic E-state index is 0.151. The predicted octanol–water partition coefficient (Wildman–Crippen LogP) is 5.16. The lowest BCUT2D eigenvalue weighted by Crippen LogP contribution is -2.25. The Morgan fingerprint density at radius 3 is 2.16 bits per heavy atom. The zero-order valence-corrected chi connectivity index (χ0v) is 18.7. The average Bonchev–Trinajstić information content (AvgIpc) is 2.81. The fourth-order valence-electron chi connectivity index (χ4n) is 3.60. The monoisotopic (exact) mass is 430 g/mol. The van der Waals surface area contributed by atoms with E-state index in [-0.39, 0.29) is 18.0 Å². The van der Waals surface area contributed by atoms with Crippen LogP contribution in [0.3, 0.4) is 0 Å². The first-order valence-electron chi connectivity index (χ1n) is 11.0. The normalized spacial score (nSPS) is 10.8. The lowest BCUT2D eigenvalue weighted by Gasteiger charge is -2.18. The molecule has 0 atom stereocenters. The van der Waals surface area contributed by atoms with E-state index < -0.39 is 5.91 Å². The molecule has 0 radical (unpaired) electrons. The third kappa shape index (κ3) is 6.28. The lowest BCUT2D eigenvalue weighted by atomic mass is 10.0. The van der Waals surface area contributed by atoms with Gasteiger partial charge in [-0.2, -0.15) is 0 Å². The zero-order chi connectivity index (χ0) is 22.9. The van der Waals surface area contributed by atoms with Gasteiger partial charge in [-0.25, -0.2) is 0 Å². The molecule has 1 amide bonds. The van der Waals surface area contributed by atoms with E-state index in [9.17, 15) is 14.7 Å². The van der Waals surface area contributed by atoms with Crippen molar-refractivity contribution in [1.82, 2.24) is 4.90 Å². The lowest BCUT2D eigenvalue weighted by molar-refractivity contribution is -0.115. The first kappa shape index (κ1) is 23.2. The number of nitrogens with one attached hydrogen (secondary N) is 1. The van der Waals surface area contributed by atoms with Crippen molar-refractivity contribution in [3.8, 4) is 16.9 Å². The van der Waals surface area contributed by atoms with Crippen molar-refractivity contribution >= 4 is 17.4 Å². The number of phenols is 1. The number of anilines is 1. The molecular formula is C27H30N2O3. The maximum atomic E-state index is 12.5. The van der Waals surface area contributed by atoms with Gasteiger partial charge in [-0.3, -0.25) is 9.59 Å². The molecule has 0 saturated heterocycles. The third-order valence-electron chi connectivity index (χ3n) is 5.60. The maximum absolute atomic E-state index is 12.5. The number of phenolic OH excluding ortho intramolecular Hbond substituents is 1. The molecule has 0 unspecified atom stereocenters. The van der Waals surface area contributed by atoms with Gasteiger partial charge < -0.3 is 15.3 Å². The molecule has 0 aliphatic rings. The van der Waals surface area contributed by atoms with Crippen molar-refractivity contribution in [2.45, 2.75) is 26.7 Å². The Bertz CT molecular complexity index is 1040. The van der Waals surface area contributed by atoms with Gasteiger partial charge in [0.05, 0.1) is 6.42 Å². The first-order valence-corrected chi connectivity index (χ1v) is 11.0. The highest BCUT2D eigenvalue weighted by atomic mass is 16.3. The Morgan fingerprint density at radius 2 is 1.53 bits per heavy atom. The van der Waals surface area contributed by atoms with Crippen molar-refractivity contribution in [3.05, 3.63) is 83.9 Å². The topological polar surface area (TPSA) is 69.6 Å². The summed E-state index contributed by atoms with van der Waals surface area (Å²) in [7, 11) is 0. The molecule has 5 heteroatoms. The third-order valence-corrected chi connectivity index (χ3v) is 5.60. The molecule has 0 heterocycles. The highest BCUT2D eigenvalue weighted by molar-refractivity contribution is 6.11. The molecule has 3 aromatic carbocycles. The Kier molecular flexibility index (Phi) is 8.17. The van der Waals surface area contributed by atoms with E-state index in [4.69, 9.17) is 0 Å². The Morgan fingerprint density at radius 1 is 0.875 bits per heavy atom. The number of carbonyl (C=O) groups excluding carboxylic acids is 2. The summed E-state index contributed by atoms with van der Waals surface area (Å²) in [6, 6.07) is 22.3. The van der Waals surface area contributed by atoms with Crippen molar-refractivity contribution in [2.75, 3.05) is 25.0 Å².